The molecule has 8 nitrogen and oxygen atoms in total. The number of nitrogens with zero attached hydrogens (tertiary/aromatic N) is 5. The molecule has 0 spiro atoms. The fraction of sp³-hybridized carbons (Fsp3) is 0.609. The first-order chi connectivity index (χ1) is 15.6. The normalized spacial score (nSPS) is 20.5. The number of rotatable bonds is 5. The molecule has 10 heteroatoms. The molecule has 4 heterocycles. The van der Waals surface area contributed by atoms with E-state index in [2.05, 4.69) is 23.7 Å². The Bertz CT molecular complexity index is 1110. The van der Waals surface area contributed by atoms with Crippen LogP contribution >= 0.6 is 11.3 Å². The molecule has 0 radical (unpaired) electrons. The maximum Gasteiger partial charge on any atom is 0.252 e. The maximum atomic E-state index is 13.3. The molecule has 4 rings (SSSR count). The fourth-order valence-electron chi connectivity index (χ4n) is 4.45. The van der Waals surface area contributed by atoms with Crippen LogP contribution < -0.4 is 4.90 Å². The van der Waals surface area contributed by atoms with Crippen LogP contribution in [0.2, 0.25) is 0 Å². The van der Waals surface area contributed by atoms with E-state index in [4.69, 9.17) is 4.98 Å². The number of piperazine rings is 1. The van der Waals surface area contributed by atoms with Gasteiger partial charge in [-0.1, -0.05) is 13.8 Å². The van der Waals surface area contributed by atoms with Crippen LogP contribution in [0.25, 0.3) is 0 Å². The van der Waals surface area contributed by atoms with Crippen molar-refractivity contribution in [2.24, 2.45) is 5.92 Å². The minimum Gasteiger partial charge on any atom is -0.353 e. The highest BCUT2D eigenvalue weighted by atomic mass is 32.2. The smallest absolute Gasteiger partial charge is 0.252 e. The van der Waals surface area contributed by atoms with Gasteiger partial charge < -0.3 is 9.80 Å². The standard InChI is InChI=1S/C23H33N5O3S2/c1-16(2)22-24-17(3)14-20(25-22)26-10-12-27(13-11-26)23(29)19-6-5-9-28(15-19)33(30,31)21-8-7-18(4)32-21/h7-8,14,16,19H,5-6,9-13,15H2,1-4H3. The van der Waals surface area contributed by atoms with E-state index in [0.29, 0.717) is 43.4 Å². The van der Waals surface area contributed by atoms with Crippen LogP contribution in [0.3, 0.4) is 0 Å². The summed E-state index contributed by atoms with van der Waals surface area (Å²) in [5, 5.41) is 0. The SMILES string of the molecule is Cc1cc(N2CCN(C(=O)C3CCCN(S(=O)(=O)c4ccc(C)s4)C3)CC2)nc(C(C)C)n1. The number of thiophene rings is 1. The lowest BCUT2D eigenvalue weighted by Crippen LogP contribution is -2.53. The highest BCUT2D eigenvalue weighted by Gasteiger charge is 2.36. The van der Waals surface area contributed by atoms with Gasteiger partial charge in [-0.15, -0.1) is 11.3 Å². The van der Waals surface area contributed by atoms with Gasteiger partial charge in [-0.05, 0) is 38.8 Å². The van der Waals surface area contributed by atoms with Gasteiger partial charge in [0.05, 0.1) is 5.92 Å². The Morgan fingerprint density at radius 1 is 1.09 bits per heavy atom. The number of hydrogen-bond acceptors (Lipinski definition) is 7. The van der Waals surface area contributed by atoms with Gasteiger partial charge in [-0.3, -0.25) is 4.79 Å². The van der Waals surface area contributed by atoms with E-state index < -0.39 is 10.0 Å². The first-order valence-electron chi connectivity index (χ1n) is 11.6. The molecular formula is C23H33N5O3S2. The van der Waals surface area contributed by atoms with E-state index in [9.17, 15) is 13.2 Å². The predicted molar refractivity (Wildman–Crippen MR) is 130 cm³/mol. The summed E-state index contributed by atoms with van der Waals surface area (Å²) >= 11 is 1.29. The second kappa shape index (κ2) is 9.68. The van der Waals surface area contributed by atoms with E-state index in [1.807, 2.05) is 30.9 Å². The summed E-state index contributed by atoms with van der Waals surface area (Å²) in [7, 11) is -3.54. The van der Waals surface area contributed by atoms with Crippen molar-refractivity contribution in [2.75, 3.05) is 44.2 Å². The van der Waals surface area contributed by atoms with Crippen molar-refractivity contribution in [3.8, 4) is 0 Å². The number of aromatic nitrogens is 2. The van der Waals surface area contributed by atoms with Gasteiger partial charge in [0.25, 0.3) is 10.0 Å². The van der Waals surface area contributed by atoms with E-state index in [0.717, 1.165) is 28.6 Å². The van der Waals surface area contributed by atoms with Gasteiger partial charge in [0, 0.05) is 61.8 Å². The molecular weight excluding hydrogens is 458 g/mol. The van der Waals surface area contributed by atoms with Crippen molar-refractivity contribution in [1.29, 1.82) is 0 Å². The van der Waals surface area contributed by atoms with E-state index in [1.165, 1.54) is 15.6 Å². The molecule has 1 unspecified atom stereocenters. The van der Waals surface area contributed by atoms with Crippen molar-refractivity contribution in [2.45, 2.75) is 50.7 Å². The van der Waals surface area contributed by atoms with Gasteiger partial charge in [-0.2, -0.15) is 4.31 Å². The summed E-state index contributed by atoms with van der Waals surface area (Å²) in [6.07, 6.45) is 1.44. The molecule has 0 aromatic carbocycles. The Balaban J connectivity index is 1.39. The second-order valence-electron chi connectivity index (χ2n) is 9.26. The molecule has 0 bridgehead atoms. The molecule has 180 valence electrons. The summed E-state index contributed by atoms with van der Waals surface area (Å²) in [6.45, 7) is 11.5. The van der Waals surface area contributed by atoms with E-state index in [1.54, 1.807) is 6.07 Å². The second-order valence-corrected chi connectivity index (χ2v) is 12.7. The molecule has 2 fully saturated rings. The molecule has 0 N–H and O–H groups in total. The summed E-state index contributed by atoms with van der Waals surface area (Å²) in [5.74, 6) is 1.80. The van der Waals surface area contributed by atoms with Crippen molar-refractivity contribution >= 4 is 33.1 Å². The average Bonchev–Trinajstić information content (AvgIpc) is 3.25. The van der Waals surface area contributed by atoms with E-state index >= 15 is 0 Å². The average molecular weight is 492 g/mol. The first kappa shape index (κ1) is 24.1. The highest BCUT2D eigenvalue weighted by molar-refractivity contribution is 7.91. The lowest BCUT2D eigenvalue weighted by Gasteiger charge is -2.39. The van der Waals surface area contributed by atoms with Crippen molar-refractivity contribution in [3.05, 3.63) is 34.6 Å². The van der Waals surface area contributed by atoms with Gasteiger partial charge >= 0.3 is 0 Å². The minimum atomic E-state index is -3.54. The summed E-state index contributed by atoms with van der Waals surface area (Å²) in [5.41, 5.74) is 0.951. The van der Waals surface area contributed by atoms with Crippen LogP contribution in [0.5, 0.6) is 0 Å². The number of aryl methyl sites for hydroxylation is 2. The molecule has 0 aliphatic carbocycles. The Morgan fingerprint density at radius 3 is 2.45 bits per heavy atom. The molecule has 33 heavy (non-hydrogen) atoms. The van der Waals surface area contributed by atoms with Gasteiger partial charge in [0.2, 0.25) is 5.91 Å². The highest BCUT2D eigenvalue weighted by Crippen LogP contribution is 2.29. The molecule has 1 atom stereocenters. The van der Waals surface area contributed by atoms with Crippen LogP contribution in [0.15, 0.2) is 22.4 Å². The molecule has 2 aromatic heterocycles. The lowest BCUT2D eigenvalue weighted by atomic mass is 9.98. The zero-order valence-corrected chi connectivity index (χ0v) is 21.5. The third-order valence-corrected chi connectivity index (χ3v) is 9.67. The largest absolute Gasteiger partial charge is 0.353 e. The third-order valence-electron chi connectivity index (χ3n) is 6.33. The van der Waals surface area contributed by atoms with Gasteiger partial charge in [0.15, 0.2) is 0 Å². The quantitative estimate of drug-likeness (QED) is 0.639. The number of anilines is 1. The monoisotopic (exact) mass is 491 g/mol. The van der Waals surface area contributed by atoms with Gasteiger partial charge in [0.1, 0.15) is 15.9 Å². The molecule has 2 aromatic rings. The number of piperidine rings is 1. The maximum absolute atomic E-state index is 13.3. The Labute approximate surface area is 200 Å². The number of carbonyl (C=O) groups is 1. The van der Waals surface area contributed by atoms with Crippen molar-refractivity contribution < 1.29 is 13.2 Å². The minimum absolute atomic E-state index is 0.0682. The number of hydrogen-bond donors (Lipinski definition) is 0. The summed E-state index contributed by atoms with van der Waals surface area (Å²) in [4.78, 5) is 27.6. The zero-order valence-electron chi connectivity index (χ0n) is 19.8. The molecule has 2 aliphatic rings. The molecule has 1 amide bonds. The van der Waals surface area contributed by atoms with Gasteiger partial charge in [-0.25, -0.2) is 18.4 Å². The van der Waals surface area contributed by atoms with Crippen LogP contribution in [0.1, 0.15) is 49.0 Å². The summed E-state index contributed by atoms with van der Waals surface area (Å²) in [6, 6.07) is 5.49. The van der Waals surface area contributed by atoms with E-state index in [-0.39, 0.29) is 24.3 Å². The molecule has 2 aliphatic heterocycles. The number of amides is 1. The Kier molecular flexibility index (Phi) is 7.07. The van der Waals surface area contributed by atoms with Crippen LogP contribution in [0, 0.1) is 19.8 Å². The lowest BCUT2D eigenvalue weighted by molar-refractivity contribution is -0.137. The predicted octanol–water partition coefficient (Wildman–Crippen LogP) is 3.03. The van der Waals surface area contributed by atoms with Crippen LogP contribution in [0.4, 0.5) is 5.82 Å². The molecule has 0 saturated carbocycles. The summed E-state index contributed by atoms with van der Waals surface area (Å²) < 4.78 is 27.9. The number of carbonyl (C=O) groups excluding carboxylic acids is 1. The molecule has 2 saturated heterocycles. The zero-order chi connectivity index (χ0) is 23.8. The first-order valence-corrected chi connectivity index (χ1v) is 13.9. The van der Waals surface area contributed by atoms with Crippen LogP contribution in [-0.2, 0) is 14.8 Å². The van der Waals surface area contributed by atoms with Crippen molar-refractivity contribution in [3.63, 3.8) is 0 Å². The van der Waals surface area contributed by atoms with Crippen molar-refractivity contribution in [1.82, 2.24) is 19.2 Å². The Hall–Kier alpha value is -2.04. The topological polar surface area (TPSA) is 86.7 Å². The third kappa shape index (κ3) is 5.22. The Morgan fingerprint density at radius 2 is 1.82 bits per heavy atom. The fourth-order valence-corrected chi connectivity index (χ4v) is 7.41. The number of sulfonamides is 1. The van der Waals surface area contributed by atoms with Crippen LogP contribution in [-0.4, -0.2) is 72.8 Å².